The van der Waals surface area contributed by atoms with Gasteiger partial charge in [-0.15, -0.1) is 0 Å². The van der Waals surface area contributed by atoms with Crippen LogP contribution in [0.5, 0.6) is 5.75 Å². The molecule has 0 aliphatic heterocycles. The van der Waals surface area contributed by atoms with E-state index in [-0.39, 0.29) is 15.3 Å². The minimum absolute atomic E-state index is 0. The predicted octanol–water partition coefficient (Wildman–Crippen LogP) is 2.47. The summed E-state index contributed by atoms with van der Waals surface area (Å²) in [6.45, 7) is 2.66. The lowest BCUT2D eigenvalue weighted by molar-refractivity contribution is -0.164. The summed E-state index contributed by atoms with van der Waals surface area (Å²) in [5.74, 6) is -1.67. The molecule has 2 aromatic rings. The second-order valence-electron chi connectivity index (χ2n) is 6.54. The van der Waals surface area contributed by atoms with E-state index in [4.69, 9.17) is 13.7 Å². The number of rotatable bonds is 10. The molecule has 0 radical (unpaired) electrons. The maximum absolute atomic E-state index is 12.3. The fourth-order valence-corrected chi connectivity index (χ4v) is 3.27. The first kappa shape index (κ1) is 26.7. The number of ketones is 1. The lowest BCUT2D eigenvalue weighted by Crippen LogP contribution is -2.34. The van der Waals surface area contributed by atoms with Gasteiger partial charge in [0.05, 0.1) is 6.42 Å². The van der Waals surface area contributed by atoms with Crippen LogP contribution >= 0.6 is 0 Å². The van der Waals surface area contributed by atoms with E-state index >= 15 is 0 Å². The minimum atomic E-state index is -4.04. The van der Waals surface area contributed by atoms with Crippen molar-refractivity contribution in [3.05, 3.63) is 54.6 Å². The summed E-state index contributed by atoms with van der Waals surface area (Å²) in [7, 11) is -2.72. The molecule has 2 unspecified atom stereocenters. The van der Waals surface area contributed by atoms with Crippen molar-refractivity contribution in [3.8, 4) is 5.75 Å². The van der Waals surface area contributed by atoms with Crippen LogP contribution in [0.15, 0.2) is 59.5 Å². The van der Waals surface area contributed by atoms with E-state index in [0.717, 1.165) is 0 Å². The molecule has 0 aromatic heterocycles. The molecule has 0 saturated carbocycles. The summed E-state index contributed by atoms with van der Waals surface area (Å²) in [6, 6.07) is 13.3. The summed E-state index contributed by atoms with van der Waals surface area (Å²) < 4.78 is 39.6. The van der Waals surface area contributed by atoms with Gasteiger partial charge in [0.15, 0.2) is 18.0 Å². The number of carbonyl (C=O) groups is 3. The highest BCUT2D eigenvalue weighted by Crippen LogP contribution is 2.20. The Morgan fingerprint density at radius 1 is 1.00 bits per heavy atom. The molecule has 2 aromatic carbocycles. The molecule has 0 heterocycles. The molecule has 0 saturated heterocycles. The third-order valence-electron chi connectivity index (χ3n) is 4.14. The Balaban J connectivity index is 0.00000512. The highest BCUT2D eigenvalue weighted by molar-refractivity contribution is 7.87. The number of methoxy groups -OCH3 is 1. The van der Waals surface area contributed by atoms with Crippen molar-refractivity contribution in [3.63, 3.8) is 0 Å². The molecule has 9 nitrogen and oxygen atoms in total. The van der Waals surface area contributed by atoms with Crippen LogP contribution in [0.2, 0.25) is 0 Å². The maximum atomic E-state index is 12.3. The number of Topliss-reactive ketones (excluding diaryl/α,β-unsaturated/α-hetero) is 1. The molecule has 1 N–H and O–H groups in total. The van der Waals surface area contributed by atoms with Crippen LogP contribution in [0.25, 0.3) is 0 Å². The van der Waals surface area contributed by atoms with E-state index in [1.165, 1.54) is 57.4 Å². The van der Waals surface area contributed by atoms with Crippen molar-refractivity contribution in [1.82, 2.24) is 0 Å². The van der Waals surface area contributed by atoms with E-state index in [1.807, 2.05) is 0 Å². The Labute approximate surface area is 185 Å². The van der Waals surface area contributed by atoms with Gasteiger partial charge in [0.2, 0.25) is 5.91 Å². The van der Waals surface area contributed by atoms with Crippen molar-refractivity contribution in [2.75, 3.05) is 12.4 Å². The largest absolute Gasteiger partial charge is 0.452 e. The van der Waals surface area contributed by atoms with Crippen molar-refractivity contribution in [2.45, 2.75) is 37.4 Å². The van der Waals surface area contributed by atoms with E-state index in [2.05, 4.69) is 5.32 Å². The number of hydrogen-bond donors (Lipinski definition) is 1. The monoisotopic (exact) mass is 469 g/mol. The fraction of sp³-hybridized carbons (Fsp3) is 0.286. The molecule has 174 valence electrons. The van der Waals surface area contributed by atoms with Crippen molar-refractivity contribution < 1.29 is 41.2 Å². The summed E-state index contributed by atoms with van der Waals surface area (Å²) >= 11 is 0. The number of hydrogen-bond acceptors (Lipinski definition) is 8. The third kappa shape index (κ3) is 7.75. The Bertz CT molecular complexity index is 1030. The molecule has 0 aliphatic rings. The average Bonchev–Trinajstić information content (AvgIpc) is 2.73. The Morgan fingerprint density at radius 2 is 1.59 bits per heavy atom. The summed E-state index contributed by atoms with van der Waals surface area (Å²) in [5, 5.41) is 2.52. The van der Waals surface area contributed by atoms with E-state index in [9.17, 15) is 22.8 Å². The van der Waals surface area contributed by atoms with E-state index in [0.29, 0.717) is 5.69 Å². The molecule has 32 heavy (non-hydrogen) atoms. The van der Waals surface area contributed by atoms with Gasteiger partial charge < -0.3 is 19.0 Å². The number of ether oxygens (including phenoxy) is 2. The lowest BCUT2D eigenvalue weighted by atomic mass is 10.1. The summed E-state index contributed by atoms with van der Waals surface area (Å²) in [6.07, 6.45) is -2.53. The lowest BCUT2D eigenvalue weighted by Gasteiger charge is -2.17. The van der Waals surface area contributed by atoms with Gasteiger partial charge in [-0.2, -0.15) is 8.42 Å². The number of halogens is 1. The highest BCUT2D eigenvalue weighted by Gasteiger charge is 2.25. The zero-order chi connectivity index (χ0) is 23.0. The van der Waals surface area contributed by atoms with Crippen LogP contribution in [0, 0.1) is 0 Å². The molecule has 0 fully saturated rings. The fourth-order valence-electron chi connectivity index (χ4n) is 2.34. The second kappa shape index (κ2) is 11.9. The highest BCUT2D eigenvalue weighted by atomic mass is 32.2. The molecular weight excluding hydrogens is 445 g/mol. The minimum Gasteiger partial charge on any atom is -0.452 e. The number of carbonyl (C=O) groups excluding carboxylic acids is 3. The van der Waals surface area contributed by atoms with Gasteiger partial charge in [0.1, 0.15) is 10.6 Å². The molecule has 1 amide bonds. The van der Waals surface area contributed by atoms with E-state index < -0.39 is 46.4 Å². The maximum Gasteiger partial charge on any atom is 0.339 e. The number of nitrogens with one attached hydrogen (secondary N) is 1. The normalized spacial score (nSPS) is 12.6. The topological polar surface area (TPSA) is 125 Å². The molecule has 0 bridgehead atoms. The first-order chi connectivity index (χ1) is 14.6. The number of esters is 1. The van der Waals surface area contributed by atoms with Gasteiger partial charge in [-0.25, -0.2) is 4.79 Å². The van der Waals surface area contributed by atoms with Crippen molar-refractivity contribution >= 4 is 33.5 Å². The zero-order valence-electron chi connectivity index (χ0n) is 17.6. The van der Waals surface area contributed by atoms with Crippen LogP contribution in [0.1, 0.15) is 20.3 Å². The second-order valence-corrected chi connectivity index (χ2v) is 8.09. The van der Waals surface area contributed by atoms with Gasteiger partial charge in [-0.1, -0.05) is 18.2 Å². The average molecular weight is 469 g/mol. The number of anilines is 1. The van der Waals surface area contributed by atoms with Gasteiger partial charge in [-0.05, 0) is 50.2 Å². The molecule has 11 heteroatoms. The standard InChI is InChI=1S/C21H23NO8S.FH/c1-14(23)19(29-21(25)15(2)28-3)13-20(24)22-16-9-11-18(12-10-16)31(26,27)30-17-7-5-4-6-8-17;/h4-12,15,19H,13H2,1-3H3,(H,22,24);1H. The number of benzene rings is 2. The Morgan fingerprint density at radius 3 is 2.12 bits per heavy atom. The van der Waals surface area contributed by atoms with Crippen LogP contribution < -0.4 is 9.50 Å². The van der Waals surface area contributed by atoms with Crippen LogP contribution in [-0.2, 0) is 34.0 Å². The van der Waals surface area contributed by atoms with E-state index in [1.54, 1.807) is 18.2 Å². The SMILES string of the molecule is COC(C)C(=O)OC(CC(=O)Nc1ccc(S(=O)(=O)Oc2ccccc2)cc1)C(C)=O.F. The van der Waals surface area contributed by atoms with Gasteiger partial charge in [0, 0.05) is 12.8 Å². The zero-order valence-corrected chi connectivity index (χ0v) is 18.5. The van der Waals surface area contributed by atoms with Gasteiger partial charge in [0.25, 0.3) is 0 Å². The molecule has 2 atom stereocenters. The Hall–Kier alpha value is -3.31. The van der Waals surface area contributed by atoms with Gasteiger partial charge >= 0.3 is 16.1 Å². The molecule has 0 aliphatic carbocycles. The quantitative estimate of drug-likeness (QED) is 0.416. The molecular formula is C21H24FNO8S. The van der Waals surface area contributed by atoms with Crippen LogP contribution in [-0.4, -0.2) is 45.4 Å². The van der Waals surface area contributed by atoms with Crippen LogP contribution in [0.4, 0.5) is 10.4 Å². The van der Waals surface area contributed by atoms with Crippen molar-refractivity contribution in [2.24, 2.45) is 0 Å². The summed E-state index contributed by atoms with van der Waals surface area (Å²) in [4.78, 5) is 35.6. The summed E-state index contributed by atoms with van der Waals surface area (Å²) in [5.41, 5.74) is 0.294. The van der Waals surface area contributed by atoms with Gasteiger partial charge in [-0.3, -0.25) is 14.3 Å². The van der Waals surface area contributed by atoms with Crippen LogP contribution in [0.3, 0.4) is 0 Å². The smallest absolute Gasteiger partial charge is 0.339 e. The first-order valence-corrected chi connectivity index (χ1v) is 10.7. The third-order valence-corrected chi connectivity index (χ3v) is 5.41. The predicted molar refractivity (Wildman–Crippen MR) is 113 cm³/mol. The molecule has 0 spiro atoms. The molecule has 2 rings (SSSR count). The number of para-hydroxylation sites is 1. The van der Waals surface area contributed by atoms with Crippen molar-refractivity contribution in [1.29, 1.82) is 0 Å². The number of amides is 1. The first-order valence-electron chi connectivity index (χ1n) is 9.25. The Kier molecular flexibility index (Phi) is 9.95.